The predicted octanol–water partition coefficient (Wildman–Crippen LogP) is 4.40. The molecule has 1 aromatic heterocycles. The van der Waals surface area contributed by atoms with Crippen LogP contribution in [-0.4, -0.2) is 66.3 Å². The molecule has 0 aliphatic carbocycles. The first-order valence-electron chi connectivity index (χ1n) is 13.5. The highest BCUT2D eigenvalue weighted by molar-refractivity contribution is 5.94. The highest BCUT2D eigenvalue weighted by Crippen LogP contribution is 2.38. The lowest BCUT2D eigenvalue weighted by Gasteiger charge is -2.34. The van der Waals surface area contributed by atoms with Gasteiger partial charge in [-0.25, -0.2) is 9.97 Å². The van der Waals surface area contributed by atoms with Crippen LogP contribution in [0, 0.1) is 5.92 Å². The SMILES string of the molecule is CCc1cnc(N2CCC(C3Cc4cc(-c5ccc(C(=O)N6CCOCC6)cc5)ccc4O3)CC2)nc1. The maximum Gasteiger partial charge on any atom is 0.254 e. The fourth-order valence-corrected chi connectivity index (χ4v) is 5.64. The Morgan fingerprint density at radius 3 is 2.35 bits per heavy atom. The number of hydrogen-bond donors (Lipinski definition) is 0. The van der Waals surface area contributed by atoms with Gasteiger partial charge in [0.1, 0.15) is 11.9 Å². The molecule has 37 heavy (non-hydrogen) atoms. The lowest BCUT2D eigenvalue weighted by molar-refractivity contribution is 0.0303. The summed E-state index contributed by atoms with van der Waals surface area (Å²) in [4.78, 5) is 26.0. The molecule has 0 N–H and O–H groups in total. The minimum absolute atomic E-state index is 0.0793. The van der Waals surface area contributed by atoms with Crippen molar-refractivity contribution in [2.24, 2.45) is 5.92 Å². The molecule has 2 saturated heterocycles. The molecule has 7 nitrogen and oxygen atoms in total. The van der Waals surface area contributed by atoms with Gasteiger partial charge in [0.15, 0.2) is 0 Å². The Morgan fingerprint density at radius 2 is 1.65 bits per heavy atom. The minimum Gasteiger partial charge on any atom is -0.490 e. The fraction of sp³-hybridized carbons (Fsp3) is 0.433. The summed E-state index contributed by atoms with van der Waals surface area (Å²) in [7, 11) is 0. The van der Waals surface area contributed by atoms with Crippen molar-refractivity contribution in [1.82, 2.24) is 14.9 Å². The number of ether oxygens (including phenoxy) is 2. The molecule has 2 aromatic carbocycles. The molecular formula is C30H34N4O3. The van der Waals surface area contributed by atoms with E-state index in [9.17, 15) is 4.79 Å². The number of aromatic nitrogens is 2. The quantitative estimate of drug-likeness (QED) is 0.520. The zero-order valence-corrected chi connectivity index (χ0v) is 21.4. The zero-order valence-electron chi connectivity index (χ0n) is 21.4. The number of benzene rings is 2. The van der Waals surface area contributed by atoms with Crippen molar-refractivity contribution in [3.63, 3.8) is 0 Å². The van der Waals surface area contributed by atoms with E-state index in [1.807, 2.05) is 41.6 Å². The molecule has 3 aliphatic heterocycles. The average Bonchev–Trinajstić information content (AvgIpc) is 3.41. The van der Waals surface area contributed by atoms with Crippen molar-refractivity contribution < 1.29 is 14.3 Å². The van der Waals surface area contributed by atoms with Gasteiger partial charge in [0.25, 0.3) is 5.91 Å². The van der Waals surface area contributed by atoms with Crippen LogP contribution >= 0.6 is 0 Å². The molecule has 192 valence electrons. The van der Waals surface area contributed by atoms with Crippen LogP contribution in [0.4, 0.5) is 5.95 Å². The van der Waals surface area contributed by atoms with Crippen LogP contribution in [0.1, 0.15) is 41.3 Å². The van der Waals surface area contributed by atoms with Crippen LogP contribution < -0.4 is 9.64 Å². The van der Waals surface area contributed by atoms with Gasteiger partial charge in [-0.05, 0) is 71.7 Å². The normalized spacial score (nSPS) is 20.0. The standard InChI is InChI=1S/C30H34N4O3/c1-2-21-19-31-30(32-20-21)34-11-9-23(10-12-34)28-18-26-17-25(7-8-27(26)37-28)22-3-5-24(6-4-22)29(35)33-13-15-36-16-14-33/h3-8,17,19-20,23,28H,2,9-16,18H2,1H3. The molecule has 4 heterocycles. The van der Waals surface area contributed by atoms with Crippen molar-refractivity contribution >= 4 is 11.9 Å². The Morgan fingerprint density at radius 1 is 0.946 bits per heavy atom. The van der Waals surface area contributed by atoms with Crippen LogP contribution in [0.2, 0.25) is 0 Å². The highest BCUT2D eigenvalue weighted by atomic mass is 16.5. The molecule has 0 bridgehead atoms. The summed E-state index contributed by atoms with van der Waals surface area (Å²) >= 11 is 0. The Kier molecular flexibility index (Phi) is 6.79. The third kappa shape index (κ3) is 5.05. The first kappa shape index (κ1) is 23.9. The molecule has 7 heteroatoms. The zero-order chi connectivity index (χ0) is 25.2. The molecule has 3 aliphatic rings. The van der Waals surface area contributed by atoms with Crippen LogP contribution in [-0.2, 0) is 17.6 Å². The Balaban J connectivity index is 1.07. The number of nitrogens with zero attached hydrogens (tertiary/aromatic N) is 4. The van der Waals surface area contributed by atoms with Crippen LogP contribution in [0.5, 0.6) is 5.75 Å². The lowest BCUT2D eigenvalue weighted by Crippen LogP contribution is -2.40. The van der Waals surface area contributed by atoms with Crippen molar-refractivity contribution in [3.8, 4) is 16.9 Å². The van der Waals surface area contributed by atoms with Gasteiger partial charge in [-0.3, -0.25) is 4.79 Å². The summed E-state index contributed by atoms with van der Waals surface area (Å²) < 4.78 is 11.8. The van der Waals surface area contributed by atoms with Gasteiger partial charge in [0.05, 0.1) is 13.2 Å². The van der Waals surface area contributed by atoms with Gasteiger partial charge in [0, 0.05) is 50.6 Å². The highest BCUT2D eigenvalue weighted by Gasteiger charge is 2.33. The number of anilines is 1. The number of hydrogen-bond acceptors (Lipinski definition) is 6. The maximum atomic E-state index is 12.8. The summed E-state index contributed by atoms with van der Waals surface area (Å²) in [5.41, 5.74) is 5.46. The molecule has 0 radical (unpaired) electrons. The van der Waals surface area contributed by atoms with Crippen molar-refractivity contribution in [2.45, 2.75) is 38.7 Å². The summed E-state index contributed by atoms with van der Waals surface area (Å²) in [5.74, 6) is 2.46. The van der Waals surface area contributed by atoms with Crippen LogP contribution in [0.15, 0.2) is 54.9 Å². The first-order valence-corrected chi connectivity index (χ1v) is 13.5. The second-order valence-electron chi connectivity index (χ2n) is 10.2. The summed E-state index contributed by atoms with van der Waals surface area (Å²) in [6, 6.07) is 14.5. The van der Waals surface area contributed by atoms with Crippen molar-refractivity contribution in [1.29, 1.82) is 0 Å². The number of rotatable bonds is 5. The van der Waals surface area contributed by atoms with E-state index < -0.39 is 0 Å². The molecule has 1 unspecified atom stereocenters. The van der Waals surface area contributed by atoms with E-state index in [1.54, 1.807) is 0 Å². The van der Waals surface area contributed by atoms with E-state index in [1.165, 1.54) is 11.1 Å². The van der Waals surface area contributed by atoms with E-state index in [0.717, 1.165) is 67.2 Å². The third-order valence-electron chi connectivity index (χ3n) is 7.97. The predicted molar refractivity (Wildman–Crippen MR) is 143 cm³/mol. The summed E-state index contributed by atoms with van der Waals surface area (Å²) in [6.45, 7) is 6.60. The Hall–Kier alpha value is -3.45. The largest absolute Gasteiger partial charge is 0.490 e. The van der Waals surface area contributed by atoms with Gasteiger partial charge in [-0.1, -0.05) is 25.1 Å². The smallest absolute Gasteiger partial charge is 0.254 e. The summed E-state index contributed by atoms with van der Waals surface area (Å²) in [5, 5.41) is 0. The first-order chi connectivity index (χ1) is 18.2. The molecule has 6 rings (SSSR count). The van der Waals surface area contributed by atoms with Crippen molar-refractivity contribution in [3.05, 3.63) is 71.5 Å². The maximum absolute atomic E-state index is 12.8. The second-order valence-corrected chi connectivity index (χ2v) is 10.2. The monoisotopic (exact) mass is 498 g/mol. The number of piperidine rings is 1. The number of morpholine rings is 1. The topological polar surface area (TPSA) is 67.8 Å². The van der Waals surface area contributed by atoms with Gasteiger partial charge < -0.3 is 19.3 Å². The second kappa shape index (κ2) is 10.5. The van der Waals surface area contributed by atoms with E-state index in [0.29, 0.717) is 32.2 Å². The van der Waals surface area contributed by atoms with Gasteiger partial charge in [0.2, 0.25) is 5.95 Å². The van der Waals surface area contributed by atoms with E-state index in [-0.39, 0.29) is 12.0 Å². The Bertz CT molecular complexity index is 1230. The molecule has 2 fully saturated rings. The Labute approximate surface area is 218 Å². The van der Waals surface area contributed by atoms with E-state index >= 15 is 0 Å². The van der Waals surface area contributed by atoms with Gasteiger partial charge >= 0.3 is 0 Å². The number of carbonyl (C=O) groups excluding carboxylic acids is 1. The summed E-state index contributed by atoms with van der Waals surface area (Å²) in [6.07, 6.45) is 8.19. The number of amides is 1. The number of fused-ring (bicyclic) bond motifs is 1. The minimum atomic E-state index is 0.0793. The van der Waals surface area contributed by atoms with Gasteiger partial charge in [-0.2, -0.15) is 0 Å². The number of carbonyl (C=O) groups is 1. The molecule has 3 aromatic rings. The van der Waals surface area contributed by atoms with Crippen LogP contribution in [0.3, 0.4) is 0 Å². The molecule has 1 amide bonds. The fourth-order valence-electron chi connectivity index (χ4n) is 5.64. The molecular weight excluding hydrogens is 464 g/mol. The van der Waals surface area contributed by atoms with Crippen LogP contribution in [0.25, 0.3) is 11.1 Å². The molecule has 0 saturated carbocycles. The molecule has 1 atom stereocenters. The van der Waals surface area contributed by atoms with E-state index in [2.05, 4.69) is 40.0 Å². The average molecular weight is 499 g/mol. The third-order valence-corrected chi connectivity index (χ3v) is 7.97. The van der Waals surface area contributed by atoms with Gasteiger partial charge in [-0.15, -0.1) is 0 Å². The molecule has 0 spiro atoms. The van der Waals surface area contributed by atoms with Crippen molar-refractivity contribution in [2.75, 3.05) is 44.3 Å². The van der Waals surface area contributed by atoms with E-state index in [4.69, 9.17) is 9.47 Å². The lowest BCUT2D eigenvalue weighted by atomic mass is 9.88. The number of aryl methyl sites for hydroxylation is 1.